The zero-order valence-electron chi connectivity index (χ0n) is 14.3. The summed E-state index contributed by atoms with van der Waals surface area (Å²) in [6.07, 6.45) is 0. The number of hydrogen-bond acceptors (Lipinski definition) is 6. The summed E-state index contributed by atoms with van der Waals surface area (Å²) in [6.45, 7) is 1.56. The molecule has 0 saturated carbocycles. The molecule has 1 heterocycles. The highest BCUT2D eigenvalue weighted by atomic mass is 35.5. The van der Waals surface area contributed by atoms with Crippen LogP contribution in [0.15, 0.2) is 47.6 Å². The number of nitrogens with zero attached hydrogens (tertiary/aromatic N) is 1. The average Bonchev–Trinajstić information content (AvgIpc) is 3.14. The van der Waals surface area contributed by atoms with Gasteiger partial charge in [-0.1, -0.05) is 16.8 Å². The Morgan fingerprint density at radius 1 is 1.07 bits per heavy atom. The van der Waals surface area contributed by atoms with Gasteiger partial charge < -0.3 is 14.3 Å². The summed E-state index contributed by atoms with van der Waals surface area (Å²) >= 11 is 5.75. The van der Waals surface area contributed by atoms with E-state index in [0.717, 1.165) is 5.56 Å². The van der Waals surface area contributed by atoms with Crippen molar-refractivity contribution in [1.29, 1.82) is 0 Å². The van der Waals surface area contributed by atoms with Crippen molar-refractivity contribution in [3.63, 3.8) is 0 Å². The van der Waals surface area contributed by atoms with Gasteiger partial charge in [-0.3, -0.25) is 20.4 Å². The van der Waals surface area contributed by atoms with Crippen LogP contribution in [-0.4, -0.2) is 30.9 Å². The molecule has 27 heavy (non-hydrogen) atoms. The summed E-state index contributed by atoms with van der Waals surface area (Å²) in [5.41, 5.74) is 6.21. The Balaban J connectivity index is 1.45. The largest absolute Gasteiger partial charge is 0.454 e. The maximum absolute atomic E-state index is 11.9. The van der Waals surface area contributed by atoms with E-state index >= 15 is 0 Å². The van der Waals surface area contributed by atoms with Gasteiger partial charge in [0, 0.05) is 16.1 Å². The van der Waals surface area contributed by atoms with E-state index in [-0.39, 0.29) is 13.4 Å². The molecule has 9 heteroatoms. The van der Waals surface area contributed by atoms with E-state index in [1.165, 1.54) is 0 Å². The zero-order chi connectivity index (χ0) is 19.2. The predicted octanol–water partition coefficient (Wildman–Crippen LogP) is 2.27. The molecule has 0 spiro atoms. The maximum atomic E-state index is 11.9. The quantitative estimate of drug-likeness (QED) is 0.603. The number of nitrogens with one attached hydrogen (secondary N) is 2. The van der Waals surface area contributed by atoms with Crippen LogP contribution < -0.4 is 20.3 Å². The highest BCUT2D eigenvalue weighted by Crippen LogP contribution is 2.32. The number of benzene rings is 2. The summed E-state index contributed by atoms with van der Waals surface area (Å²) < 4.78 is 10.5. The second kappa shape index (κ2) is 8.41. The second-order valence-corrected chi connectivity index (χ2v) is 5.96. The van der Waals surface area contributed by atoms with E-state index in [1.54, 1.807) is 43.3 Å². The Morgan fingerprint density at radius 3 is 2.56 bits per heavy atom. The van der Waals surface area contributed by atoms with E-state index in [4.69, 9.17) is 25.9 Å². The summed E-state index contributed by atoms with van der Waals surface area (Å²) in [4.78, 5) is 28.6. The lowest BCUT2D eigenvalue weighted by Gasteiger charge is -2.07. The molecule has 0 unspecified atom stereocenters. The van der Waals surface area contributed by atoms with Crippen LogP contribution >= 0.6 is 11.6 Å². The van der Waals surface area contributed by atoms with Gasteiger partial charge in [-0.25, -0.2) is 0 Å². The molecule has 0 aromatic heterocycles. The summed E-state index contributed by atoms with van der Waals surface area (Å²) in [5.74, 6) is 0.271. The van der Waals surface area contributed by atoms with Crippen LogP contribution in [0.5, 0.6) is 11.5 Å². The van der Waals surface area contributed by atoms with Gasteiger partial charge in [0.05, 0.1) is 5.71 Å². The van der Waals surface area contributed by atoms with Crippen molar-refractivity contribution in [2.45, 2.75) is 6.92 Å². The summed E-state index contributed by atoms with van der Waals surface area (Å²) in [6, 6.07) is 11.6. The molecule has 2 aromatic rings. The van der Waals surface area contributed by atoms with Crippen molar-refractivity contribution in [3.8, 4) is 11.5 Å². The number of ether oxygens (including phenoxy) is 2. The van der Waals surface area contributed by atoms with Crippen LogP contribution in [-0.2, 0) is 9.63 Å². The lowest BCUT2D eigenvalue weighted by molar-refractivity contribution is -0.126. The van der Waals surface area contributed by atoms with Gasteiger partial charge in [-0.05, 0) is 49.4 Å². The Bertz CT molecular complexity index is 883. The monoisotopic (exact) mass is 389 g/mol. The zero-order valence-corrected chi connectivity index (χ0v) is 15.1. The Morgan fingerprint density at radius 2 is 1.78 bits per heavy atom. The standard InChI is InChI=1S/C18H16ClN3O5/c1-11(13-4-7-15-16(8-13)26-10-25-15)22-27-9-17(23)20-21-18(24)12-2-5-14(19)6-3-12/h2-8H,9-10H2,1H3,(H,20,23)(H,21,24)/b22-11-. The molecule has 3 rings (SSSR count). The summed E-state index contributed by atoms with van der Waals surface area (Å²) in [5, 5.41) is 4.40. The molecule has 0 radical (unpaired) electrons. The van der Waals surface area contributed by atoms with Gasteiger partial charge in [-0.15, -0.1) is 0 Å². The SMILES string of the molecule is C/C(=N/OCC(=O)NNC(=O)c1ccc(Cl)cc1)c1ccc2c(c1)OCO2. The van der Waals surface area contributed by atoms with Gasteiger partial charge in [0.25, 0.3) is 11.8 Å². The molecule has 2 amide bonds. The summed E-state index contributed by atoms with van der Waals surface area (Å²) in [7, 11) is 0. The van der Waals surface area contributed by atoms with Crippen LogP contribution in [0.25, 0.3) is 0 Å². The lowest BCUT2D eigenvalue weighted by Crippen LogP contribution is -2.43. The van der Waals surface area contributed by atoms with Crippen LogP contribution in [0.4, 0.5) is 0 Å². The first-order valence-corrected chi connectivity index (χ1v) is 8.32. The van der Waals surface area contributed by atoms with Crippen molar-refractivity contribution >= 4 is 29.1 Å². The van der Waals surface area contributed by atoms with Gasteiger partial charge >= 0.3 is 0 Å². The molecule has 2 N–H and O–H groups in total. The lowest BCUT2D eigenvalue weighted by atomic mass is 10.1. The van der Waals surface area contributed by atoms with Gasteiger partial charge in [0.15, 0.2) is 18.1 Å². The normalized spacial score (nSPS) is 12.4. The number of amides is 2. The molecule has 1 aliphatic heterocycles. The van der Waals surface area contributed by atoms with E-state index in [2.05, 4.69) is 16.0 Å². The number of carbonyl (C=O) groups excluding carboxylic acids is 2. The maximum Gasteiger partial charge on any atom is 0.279 e. The fraction of sp³-hybridized carbons (Fsp3) is 0.167. The molecule has 0 bridgehead atoms. The van der Waals surface area contributed by atoms with Crippen molar-refractivity contribution in [1.82, 2.24) is 10.9 Å². The number of hydrazine groups is 1. The molecule has 0 saturated heterocycles. The minimum atomic E-state index is -0.556. The van der Waals surface area contributed by atoms with Crippen LogP contribution in [0.1, 0.15) is 22.8 Å². The van der Waals surface area contributed by atoms with E-state index < -0.39 is 11.8 Å². The second-order valence-electron chi connectivity index (χ2n) is 5.53. The minimum absolute atomic E-state index is 0.188. The fourth-order valence-electron chi connectivity index (χ4n) is 2.20. The highest BCUT2D eigenvalue weighted by molar-refractivity contribution is 6.30. The van der Waals surface area contributed by atoms with Crippen molar-refractivity contribution in [2.24, 2.45) is 5.16 Å². The number of oxime groups is 1. The average molecular weight is 390 g/mol. The third-order valence-corrected chi connectivity index (χ3v) is 3.86. The third kappa shape index (κ3) is 4.89. The van der Waals surface area contributed by atoms with E-state index in [1.807, 2.05) is 6.07 Å². The van der Waals surface area contributed by atoms with Crippen LogP contribution in [0, 0.1) is 0 Å². The van der Waals surface area contributed by atoms with E-state index in [9.17, 15) is 9.59 Å². The third-order valence-electron chi connectivity index (χ3n) is 3.61. The minimum Gasteiger partial charge on any atom is -0.454 e. The fourth-order valence-corrected chi connectivity index (χ4v) is 2.32. The predicted molar refractivity (Wildman–Crippen MR) is 97.8 cm³/mol. The molecule has 8 nitrogen and oxygen atoms in total. The smallest absolute Gasteiger partial charge is 0.279 e. The molecular formula is C18H16ClN3O5. The van der Waals surface area contributed by atoms with Crippen molar-refractivity contribution in [2.75, 3.05) is 13.4 Å². The first kappa shape index (κ1) is 18.5. The van der Waals surface area contributed by atoms with Crippen LogP contribution in [0.3, 0.4) is 0 Å². The molecule has 2 aromatic carbocycles. The first-order valence-electron chi connectivity index (χ1n) is 7.94. The van der Waals surface area contributed by atoms with Gasteiger partial charge in [0.2, 0.25) is 6.79 Å². The topological polar surface area (TPSA) is 98.2 Å². The first-order chi connectivity index (χ1) is 13.0. The number of hydrogen-bond donors (Lipinski definition) is 2. The van der Waals surface area contributed by atoms with Crippen molar-refractivity contribution < 1.29 is 23.9 Å². The molecule has 1 aliphatic rings. The molecule has 0 atom stereocenters. The molecular weight excluding hydrogens is 374 g/mol. The molecule has 0 fully saturated rings. The van der Waals surface area contributed by atoms with Gasteiger partial charge in [0.1, 0.15) is 0 Å². The Kier molecular flexibility index (Phi) is 5.77. The highest BCUT2D eigenvalue weighted by Gasteiger charge is 2.14. The Hall–Kier alpha value is -3.26. The van der Waals surface area contributed by atoms with Crippen LogP contribution in [0.2, 0.25) is 5.02 Å². The molecule has 140 valence electrons. The molecule has 0 aliphatic carbocycles. The van der Waals surface area contributed by atoms with Crippen molar-refractivity contribution in [3.05, 3.63) is 58.6 Å². The number of fused-ring (bicyclic) bond motifs is 1. The number of rotatable bonds is 5. The Labute approximate surface area is 160 Å². The van der Waals surface area contributed by atoms with E-state index in [0.29, 0.717) is 27.8 Å². The van der Waals surface area contributed by atoms with Gasteiger partial charge in [-0.2, -0.15) is 0 Å². The number of halogens is 1. The number of carbonyl (C=O) groups is 2.